The largest absolute Gasteiger partial charge is 0.497 e. The van der Waals surface area contributed by atoms with Gasteiger partial charge in [0.15, 0.2) is 0 Å². The van der Waals surface area contributed by atoms with Crippen molar-refractivity contribution in [1.82, 2.24) is 0 Å². The van der Waals surface area contributed by atoms with Gasteiger partial charge in [0.05, 0.1) is 14.2 Å². The normalized spacial score (nSPS) is 10.6. The molecule has 0 aromatic heterocycles. The molecule has 0 atom stereocenters. The van der Waals surface area contributed by atoms with Crippen LogP contribution in [0.25, 0.3) is 0 Å². The van der Waals surface area contributed by atoms with Crippen molar-refractivity contribution >= 4 is 45.5 Å². The number of nitrogens with two attached hydrogens (primary N) is 2. The van der Waals surface area contributed by atoms with Crippen molar-refractivity contribution in [3.63, 3.8) is 0 Å². The van der Waals surface area contributed by atoms with Crippen molar-refractivity contribution in [3.8, 4) is 23.0 Å². The molecule has 6 aromatic rings. The first-order valence-electron chi connectivity index (χ1n) is 14.5. The molecule has 0 fully saturated rings. The van der Waals surface area contributed by atoms with Crippen LogP contribution in [-0.4, -0.2) is 14.2 Å². The van der Waals surface area contributed by atoms with Gasteiger partial charge in [-0.2, -0.15) is 0 Å². The summed E-state index contributed by atoms with van der Waals surface area (Å²) in [7, 11) is 3.33. The van der Waals surface area contributed by atoms with Crippen LogP contribution in [-0.2, 0) is 0 Å². The maximum Gasteiger partial charge on any atom is 0.127 e. The molecular formula is C38H34N4O3. The number of benzene rings is 6. The Hall–Kier alpha value is -6.08. The highest BCUT2D eigenvalue weighted by atomic mass is 16.5. The highest BCUT2D eigenvalue weighted by Crippen LogP contribution is 2.39. The minimum absolute atomic E-state index is 0.712. The quantitative estimate of drug-likeness (QED) is 0.153. The first-order chi connectivity index (χ1) is 22.0. The standard InChI is InChI=1S/C38H34N4O3/c1-43-35-19-11-31(12-20-35)41(29-7-3-27(39)4-8-29)33-15-23-37(24-16-33)45-38-25-17-34(18-26-38)42(30-9-5-28(40)6-10-30)32-13-21-36(44-2)22-14-32/h3-26H,39-40H2,1-2H3. The van der Waals surface area contributed by atoms with E-state index in [9.17, 15) is 0 Å². The molecule has 7 nitrogen and oxygen atoms in total. The van der Waals surface area contributed by atoms with E-state index in [0.29, 0.717) is 11.4 Å². The van der Waals surface area contributed by atoms with Crippen molar-refractivity contribution in [1.29, 1.82) is 0 Å². The molecule has 0 heterocycles. The molecule has 6 rings (SSSR count). The highest BCUT2D eigenvalue weighted by molar-refractivity contribution is 5.79. The van der Waals surface area contributed by atoms with Gasteiger partial charge in [0, 0.05) is 45.5 Å². The average molecular weight is 595 g/mol. The van der Waals surface area contributed by atoms with Gasteiger partial charge in [-0.25, -0.2) is 0 Å². The summed E-state index contributed by atoms with van der Waals surface area (Å²) in [4.78, 5) is 4.31. The van der Waals surface area contributed by atoms with Crippen LogP contribution in [0.2, 0.25) is 0 Å². The molecule has 7 heteroatoms. The van der Waals surface area contributed by atoms with E-state index >= 15 is 0 Å². The van der Waals surface area contributed by atoms with E-state index in [1.165, 1.54) is 0 Å². The summed E-state index contributed by atoms with van der Waals surface area (Å²) >= 11 is 0. The second-order valence-electron chi connectivity index (χ2n) is 10.3. The van der Waals surface area contributed by atoms with E-state index in [-0.39, 0.29) is 0 Å². The molecule has 0 amide bonds. The second kappa shape index (κ2) is 13.1. The summed E-state index contributed by atoms with van der Waals surface area (Å²) in [5.74, 6) is 3.05. The van der Waals surface area contributed by atoms with Gasteiger partial charge in [0.2, 0.25) is 0 Å². The summed E-state index contributed by atoms with van der Waals surface area (Å²) in [5.41, 5.74) is 19.3. The lowest BCUT2D eigenvalue weighted by molar-refractivity contribution is 0.414. The molecular weight excluding hydrogens is 560 g/mol. The number of hydrogen-bond acceptors (Lipinski definition) is 7. The highest BCUT2D eigenvalue weighted by Gasteiger charge is 2.15. The Kier molecular flexibility index (Phi) is 8.42. The van der Waals surface area contributed by atoms with Crippen LogP contribution in [0.15, 0.2) is 146 Å². The molecule has 0 spiro atoms. The van der Waals surface area contributed by atoms with Gasteiger partial charge in [-0.05, 0) is 146 Å². The smallest absolute Gasteiger partial charge is 0.127 e. The molecule has 0 radical (unpaired) electrons. The SMILES string of the molecule is COc1ccc(N(c2ccc(N)cc2)c2ccc(Oc3ccc(N(c4ccc(N)cc4)c4ccc(OC)cc4)cc3)cc2)cc1. The van der Waals surface area contributed by atoms with Gasteiger partial charge in [-0.1, -0.05) is 0 Å². The topological polar surface area (TPSA) is 86.2 Å². The van der Waals surface area contributed by atoms with Crippen molar-refractivity contribution < 1.29 is 14.2 Å². The zero-order valence-electron chi connectivity index (χ0n) is 25.1. The summed E-state index contributed by atoms with van der Waals surface area (Å²) in [5, 5.41) is 0. The number of anilines is 8. The molecule has 0 aliphatic heterocycles. The van der Waals surface area contributed by atoms with Crippen LogP contribution >= 0.6 is 0 Å². The number of hydrogen-bond donors (Lipinski definition) is 2. The average Bonchev–Trinajstić information content (AvgIpc) is 3.09. The summed E-state index contributed by atoms with van der Waals surface area (Å²) < 4.78 is 17.0. The van der Waals surface area contributed by atoms with Gasteiger partial charge in [0.1, 0.15) is 23.0 Å². The lowest BCUT2D eigenvalue weighted by atomic mass is 10.1. The molecule has 0 aliphatic rings. The number of methoxy groups -OCH3 is 2. The Labute approximate surface area is 263 Å². The van der Waals surface area contributed by atoms with Gasteiger partial charge in [-0.15, -0.1) is 0 Å². The molecule has 0 unspecified atom stereocenters. The Morgan fingerprint density at radius 1 is 0.333 bits per heavy atom. The molecule has 0 bridgehead atoms. The predicted molar refractivity (Wildman–Crippen MR) is 184 cm³/mol. The van der Waals surface area contributed by atoms with Crippen molar-refractivity contribution in [2.45, 2.75) is 0 Å². The van der Waals surface area contributed by atoms with E-state index in [1.54, 1.807) is 14.2 Å². The number of rotatable bonds is 10. The van der Waals surface area contributed by atoms with E-state index in [4.69, 9.17) is 25.7 Å². The summed E-state index contributed by atoms with van der Waals surface area (Å²) in [6, 6.07) is 47.5. The Morgan fingerprint density at radius 2 is 0.556 bits per heavy atom. The first-order valence-corrected chi connectivity index (χ1v) is 14.5. The second-order valence-corrected chi connectivity index (χ2v) is 10.3. The lowest BCUT2D eigenvalue weighted by Crippen LogP contribution is -2.10. The monoisotopic (exact) mass is 594 g/mol. The Bertz CT molecular complexity index is 1680. The Balaban J connectivity index is 1.24. The molecule has 45 heavy (non-hydrogen) atoms. The molecule has 0 saturated carbocycles. The third kappa shape index (κ3) is 6.63. The van der Waals surface area contributed by atoms with Crippen molar-refractivity contribution in [2.75, 3.05) is 35.5 Å². The third-order valence-electron chi connectivity index (χ3n) is 7.39. The van der Waals surface area contributed by atoms with Crippen LogP contribution in [0.3, 0.4) is 0 Å². The molecule has 0 aliphatic carbocycles. The van der Waals surface area contributed by atoms with Gasteiger partial charge in [0.25, 0.3) is 0 Å². The maximum absolute atomic E-state index is 6.26. The maximum atomic E-state index is 6.26. The van der Waals surface area contributed by atoms with Crippen LogP contribution < -0.4 is 35.5 Å². The summed E-state index contributed by atoms with van der Waals surface area (Å²) in [6.07, 6.45) is 0. The van der Waals surface area contributed by atoms with E-state index < -0.39 is 0 Å². The van der Waals surface area contributed by atoms with E-state index in [2.05, 4.69) is 9.80 Å². The Morgan fingerprint density at radius 3 is 0.800 bits per heavy atom. The molecule has 4 N–H and O–H groups in total. The fourth-order valence-electron chi connectivity index (χ4n) is 5.07. The van der Waals surface area contributed by atoms with Gasteiger partial charge < -0.3 is 35.5 Å². The van der Waals surface area contributed by atoms with E-state index in [0.717, 1.165) is 57.1 Å². The summed E-state index contributed by atoms with van der Waals surface area (Å²) in [6.45, 7) is 0. The zero-order valence-corrected chi connectivity index (χ0v) is 25.1. The van der Waals surface area contributed by atoms with Crippen molar-refractivity contribution in [3.05, 3.63) is 146 Å². The number of nitrogen functional groups attached to an aromatic ring is 2. The van der Waals surface area contributed by atoms with Crippen LogP contribution in [0.1, 0.15) is 0 Å². The van der Waals surface area contributed by atoms with Crippen LogP contribution in [0.5, 0.6) is 23.0 Å². The molecule has 6 aromatic carbocycles. The van der Waals surface area contributed by atoms with Gasteiger partial charge in [-0.3, -0.25) is 0 Å². The zero-order chi connectivity index (χ0) is 31.2. The molecule has 224 valence electrons. The predicted octanol–water partition coefficient (Wildman–Crippen LogP) is 9.60. The third-order valence-corrected chi connectivity index (χ3v) is 7.39. The fourth-order valence-corrected chi connectivity index (χ4v) is 5.07. The van der Waals surface area contributed by atoms with Crippen molar-refractivity contribution in [2.24, 2.45) is 0 Å². The minimum Gasteiger partial charge on any atom is -0.497 e. The minimum atomic E-state index is 0.712. The fraction of sp³-hybridized carbons (Fsp3) is 0.0526. The first kappa shape index (κ1) is 29.0. The number of nitrogens with zero attached hydrogens (tertiary/aromatic N) is 2. The van der Waals surface area contributed by atoms with Crippen LogP contribution in [0, 0.1) is 0 Å². The molecule has 0 saturated heterocycles. The van der Waals surface area contributed by atoms with Gasteiger partial charge >= 0.3 is 0 Å². The van der Waals surface area contributed by atoms with E-state index in [1.807, 2.05) is 146 Å². The van der Waals surface area contributed by atoms with Crippen LogP contribution in [0.4, 0.5) is 45.5 Å². The number of ether oxygens (including phenoxy) is 3. The lowest BCUT2D eigenvalue weighted by Gasteiger charge is -2.26.